The Morgan fingerprint density at radius 2 is 1.17 bits per heavy atom. The van der Waals surface area contributed by atoms with Gasteiger partial charge in [-0.05, 0) is 30.3 Å². The highest BCUT2D eigenvalue weighted by atomic mass is 32.2. The van der Waals surface area contributed by atoms with E-state index in [-0.39, 0.29) is 24.3 Å². The fourth-order valence-electron chi connectivity index (χ4n) is 2.20. The Morgan fingerprint density at radius 1 is 0.700 bits per heavy atom. The molecule has 0 atom stereocenters. The van der Waals surface area contributed by atoms with Crippen molar-refractivity contribution in [3.8, 4) is 0 Å². The fourth-order valence-corrected chi connectivity index (χ4v) is 3.28. The van der Waals surface area contributed by atoms with Crippen molar-refractivity contribution in [2.24, 2.45) is 0 Å². The molecule has 0 saturated carbocycles. The van der Waals surface area contributed by atoms with Crippen LogP contribution in [0.1, 0.15) is 22.3 Å². The first-order valence-electron chi connectivity index (χ1n) is 7.56. The quantitative estimate of drug-likeness (QED) is 0.613. The standard InChI is InChI=1S/C16H9F10NO2S/c17-13-6-9(14(18,19)20)2-1-8(13)7-27-30(28,29)12-4-10(15(21,22)23)3-11(5-12)16(24,25)26/h1-6,27H,7H2. The molecule has 1 N–H and O–H groups in total. The van der Waals surface area contributed by atoms with Crippen molar-refractivity contribution >= 4 is 10.0 Å². The van der Waals surface area contributed by atoms with Gasteiger partial charge in [-0.3, -0.25) is 0 Å². The Kier molecular flexibility index (Phi) is 6.16. The van der Waals surface area contributed by atoms with Gasteiger partial charge >= 0.3 is 18.5 Å². The van der Waals surface area contributed by atoms with E-state index in [4.69, 9.17) is 0 Å². The summed E-state index contributed by atoms with van der Waals surface area (Å²) in [6, 6.07) is 0.679. The SMILES string of the molecule is O=S(=O)(NCc1ccc(C(F)(F)F)cc1F)c1cc(C(F)(F)F)cc(C(F)(F)F)c1. The largest absolute Gasteiger partial charge is 0.416 e. The van der Waals surface area contributed by atoms with Crippen molar-refractivity contribution in [3.63, 3.8) is 0 Å². The van der Waals surface area contributed by atoms with E-state index in [9.17, 15) is 52.3 Å². The molecule has 3 nitrogen and oxygen atoms in total. The minimum atomic E-state index is -5.30. The van der Waals surface area contributed by atoms with Gasteiger partial charge in [0.15, 0.2) is 0 Å². The van der Waals surface area contributed by atoms with E-state index in [1.54, 1.807) is 4.72 Å². The molecular weight excluding hydrogens is 460 g/mol. The van der Waals surface area contributed by atoms with Gasteiger partial charge in [-0.15, -0.1) is 0 Å². The van der Waals surface area contributed by atoms with E-state index in [0.29, 0.717) is 12.1 Å². The lowest BCUT2D eigenvalue weighted by Crippen LogP contribution is -2.25. The Labute approximate surface area is 162 Å². The molecule has 0 aliphatic heterocycles. The van der Waals surface area contributed by atoms with Crippen molar-refractivity contribution in [1.29, 1.82) is 0 Å². The van der Waals surface area contributed by atoms with Gasteiger partial charge in [0, 0.05) is 12.1 Å². The third kappa shape index (κ3) is 5.62. The summed E-state index contributed by atoms with van der Waals surface area (Å²) in [7, 11) is -5.02. The molecule has 30 heavy (non-hydrogen) atoms. The molecule has 0 bridgehead atoms. The molecule has 0 unspecified atom stereocenters. The lowest BCUT2D eigenvalue weighted by Gasteiger charge is -2.15. The maximum absolute atomic E-state index is 13.8. The number of hydrogen-bond donors (Lipinski definition) is 1. The highest BCUT2D eigenvalue weighted by Crippen LogP contribution is 2.37. The summed E-state index contributed by atoms with van der Waals surface area (Å²) >= 11 is 0. The highest BCUT2D eigenvalue weighted by molar-refractivity contribution is 7.89. The van der Waals surface area contributed by atoms with E-state index in [1.165, 1.54) is 0 Å². The zero-order valence-electron chi connectivity index (χ0n) is 14.2. The van der Waals surface area contributed by atoms with E-state index in [1.807, 2.05) is 0 Å². The predicted molar refractivity (Wildman–Crippen MR) is 81.9 cm³/mol. The molecular formula is C16H9F10NO2S. The molecule has 0 aliphatic carbocycles. The molecule has 0 spiro atoms. The van der Waals surface area contributed by atoms with Crippen LogP contribution in [0.4, 0.5) is 43.9 Å². The number of halogens is 10. The van der Waals surface area contributed by atoms with Gasteiger partial charge in [0.2, 0.25) is 10.0 Å². The normalized spacial score (nSPS) is 13.5. The molecule has 0 saturated heterocycles. The highest BCUT2D eigenvalue weighted by Gasteiger charge is 2.38. The molecule has 0 heterocycles. The van der Waals surface area contributed by atoms with E-state index in [0.717, 1.165) is 0 Å². The van der Waals surface area contributed by atoms with Crippen LogP contribution in [0.5, 0.6) is 0 Å². The van der Waals surface area contributed by atoms with Crippen molar-refractivity contribution in [1.82, 2.24) is 4.72 Å². The zero-order chi connectivity index (χ0) is 23.1. The number of sulfonamides is 1. The van der Waals surface area contributed by atoms with E-state index in [2.05, 4.69) is 0 Å². The Morgan fingerprint density at radius 3 is 1.57 bits per heavy atom. The summed E-state index contributed by atoms with van der Waals surface area (Å²) in [6.45, 7) is -1.02. The third-order valence-corrected chi connectivity index (χ3v) is 5.09. The smallest absolute Gasteiger partial charge is 0.207 e. The molecule has 0 radical (unpaired) electrons. The van der Waals surface area contributed by atoms with Gasteiger partial charge in [-0.25, -0.2) is 17.5 Å². The molecule has 0 aromatic heterocycles. The van der Waals surface area contributed by atoms with Crippen LogP contribution >= 0.6 is 0 Å². The van der Waals surface area contributed by atoms with Crippen LogP contribution in [0.3, 0.4) is 0 Å². The summed E-state index contributed by atoms with van der Waals surface area (Å²) in [4.78, 5) is -1.41. The fraction of sp³-hybridized carbons (Fsp3) is 0.250. The Hall–Kier alpha value is -2.35. The van der Waals surface area contributed by atoms with Gasteiger partial charge in [0.1, 0.15) is 5.82 Å². The second-order valence-corrected chi connectivity index (χ2v) is 7.64. The minimum absolute atomic E-state index is 0.0549. The topological polar surface area (TPSA) is 46.2 Å². The van der Waals surface area contributed by atoms with Crippen molar-refractivity contribution in [3.05, 3.63) is 64.5 Å². The molecule has 166 valence electrons. The van der Waals surface area contributed by atoms with Gasteiger partial charge in [0.05, 0.1) is 21.6 Å². The summed E-state index contributed by atoms with van der Waals surface area (Å²) < 4.78 is 154. The van der Waals surface area contributed by atoms with Gasteiger partial charge < -0.3 is 0 Å². The van der Waals surface area contributed by atoms with Crippen LogP contribution in [-0.2, 0) is 35.1 Å². The zero-order valence-corrected chi connectivity index (χ0v) is 15.0. The molecule has 0 aliphatic rings. The second-order valence-electron chi connectivity index (χ2n) is 5.87. The van der Waals surface area contributed by atoms with Crippen LogP contribution in [0.15, 0.2) is 41.3 Å². The molecule has 2 aromatic rings. The number of hydrogen-bond acceptors (Lipinski definition) is 2. The van der Waals surface area contributed by atoms with E-state index >= 15 is 0 Å². The van der Waals surface area contributed by atoms with E-state index < -0.39 is 68.1 Å². The van der Waals surface area contributed by atoms with Crippen molar-refractivity contribution < 1.29 is 52.3 Å². The van der Waals surface area contributed by atoms with Crippen LogP contribution in [-0.4, -0.2) is 8.42 Å². The first kappa shape index (κ1) is 23.9. The van der Waals surface area contributed by atoms with Gasteiger partial charge in [-0.1, -0.05) is 6.07 Å². The van der Waals surface area contributed by atoms with Gasteiger partial charge in [0.25, 0.3) is 0 Å². The summed E-state index contributed by atoms with van der Waals surface area (Å²) in [5.41, 5.74) is -5.77. The predicted octanol–water partition coefficient (Wildman–Crippen LogP) is 5.36. The molecule has 14 heteroatoms. The summed E-state index contributed by atoms with van der Waals surface area (Å²) in [6.07, 6.45) is -15.5. The average molecular weight is 469 g/mol. The lowest BCUT2D eigenvalue weighted by molar-refractivity contribution is -0.143. The number of nitrogens with one attached hydrogen (secondary N) is 1. The maximum Gasteiger partial charge on any atom is 0.416 e. The molecule has 2 aromatic carbocycles. The Bertz CT molecular complexity index is 1010. The van der Waals surface area contributed by atoms with Crippen molar-refractivity contribution in [2.75, 3.05) is 0 Å². The number of alkyl halides is 9. The van der Waals surface area contributed by atoms with Crippen LogP contribution in [0, 0.1) is 5.82 Å². The monoisotopic (exact) mass is 469 g/mol. The maximum atomic E-state index is 13.8. The van der Waals surface area contributed by atoms with Gasteiger partial charge in [-0.2, -0.15) is 39.5 Å². The van der Waals surface area contributed by atoms with Crippen molar-refractivity contribution in [2.45, 2.75) is 30.0 Å². The number of rotatable bonds is 4. The second kappa shape index (κ2) is 7.72. The molecule has 0 fully saturated rings. The summed E-state index contributed by atoms with van der Waals surface area (Å²) in [5, 5.41) is 0. The molecule has 0 amide bonds. The molecule has 2 rings (SSSR count). The summed E-state index contributed by atoms with van der Waals surface area (Å²) in [5.74, 6) is -1.48. The average Bonchev–Trinajstić information content (AvgIpc) is 2.58. The lowest BCUT2D eigenvalue weighted by atomic mass is 10.1. The van der Waals surface area contributed by atoms with Crippen LogP contribution in [0.25, 0.3) is 0 Å². The Balaban J connectivity index is 2.38. The first-order chi connectivity index (χ1) is 13.4. The minimum Gasteiger partial charge on any atom is -0.207 e. The van der Waals surface area contributed by atoms with Crippen LogP contribution in [0.2, 0.25) is 0 Å². The first-order valence-corrected chi connectivity index (χ1v) is 9.04. The third-order valence-electron chi connectivity index (χ3n) is 3.70. The number of benzene rings is 2. The van der Waals surface area contributed by atoms with Crippen LogP contribution < -0.4 is 4.72 Å².